The quantitative estimate of drug-likeness (QED) is 0.614. The average Bonchev–Trinajstić information content (AvgIpc) is 2.14. The molecule has 1 N–H and O–H groups in total. The largest absolute Gasteiger partial charge is 0.284 e. The standard InChI is InChI=1S/C5H6ClN2/c1-2-5-4(6)3-7-8-5/h2-3H,1H3,(H,7,8). The van der Waals surface area contributed by atoms with E-state index in [0.717, 1.165) is 5.69 Å². The Kier molecular flexibility index (Phi) is 1.53. The molecule has 1 radical (unpaired) electrons. The molecule has 2 nitrogen and oxygen atoms in total. The Hall–Kier alpha value is -0.500. The highest BCUT2D eigenvalue weighted by atomic mass is 35.5. The van der Waals surface area contributed by atoms with Gasteiger partial charge in [0, 0.05) is 12.6 Å². The number of nitrogens with one attached hydrogen (secondary N) is 1. The van der Waals surface area contributed by atoms with Crippen LogP contribution in [0.4, 0.5) is 0 Å². The second-order valence-electron chi connectivity index (χ2n) is 1.41. The van der Waals surface area contributed by atoms with Gasteiger partial charge in [-0.25, -0.2) is 0 Å². The van der Waals surface area contributed by atoms with Gasteiger partial charge in [-0.2, -0.15) is 5.10 Å². The summed E-state index contributed by atoms with van der Waals surface area (Å²) in [6.45, 7) is 1.89. The Morgan fingerprint density at radius 1 is 1.88 bits per heavy atom. The molecule has 3 heteroatoms. The Balaban J connectivity index is 2.92. The molecule has 0 aliphatic heterocycles. The molecule has 0 atom stereocenters. The lowest BCUT2D eigenvalue weighted by Gasteiger charge is -1.82. The topological polar surface area (TPSA) is 28.7 Å². The number of aromatic amines is 1. The summed E-state index contributed by atoms with van der Waals surface area (Å²) in [5.74, 6) is 0. The highest BCUT2D eigenvalue weighted by molar-refractivity contribution is 6.31. The molecule has 43 valence electrons. The van der Waals surface area contributed by atoms with Crippen molar-refractivity contribution in [2.75, 3.05) is 0 Å². The third-order valence-corrected chi connectivity index (χ3v) is 1.20. The summed E-state index contributed by atoms with van der Waals surface area (Å²) < 4.78 is 0. The van der Waals surface area contributed by atoms with Crippen molar-refractivity contribution in [2.24, 2.45) is 0 Å². The lowest BCUT2D eigenvalue weighted by Crippen LogP contribution is -1.75. The first-order valence-electron chi connectivity index (χ1n) is 2.33. The summed E-state index contributed by atoms with van der Waals surface area (Å²) in [7, 11) is 0. The number of rotatable bonds is 1. The van der Waals surface area contributed by atoms with Gasteiger partial charge in [-0.3, -0.25) is 5.10 Å². The Bertz CT molecular complexity index is 171. The number of hydrogen-bond donors (Lipinski definition) is 1. The molecular weight excluding hydrogens is 124 g/mol. The molecule has 0 fully saturated rings. The number of H-pyrrole nitrogens is 1. The van der Waals surface area contributed by atoms with Crippen molar-refractivity contribution in [1.82, 2.24) is 10.2 Å². The first-order valence-corrected chi connectivity index (χ1v) is 2.71. The van der Waals surface area contributed by atoms with Crippen molar-refractivity contribution < 1.29 is 0 Å². The highest BCUT2D eigenvalue weighted by Gasteiger charge is 1.96. The third-order valence-electron chi connectivity index (χ3n) is 0.894. The minimum Gasteiger partial charge on any atom is -0.284 e. The van der Waals surface area contributed by atoms with Gasteiger partial charge < -0.3 is 0 Å². The first kappa shape index (κ1) is 5.63. The van der Waals surface area contributed by atoms with Crippen LogP contribution in [0.1, 0.15) is 12.6 Å². The lowest BCUT2D eigenvalue weighted by atomic mass is 10.3. The molecule has 0 unspecified atom stereocenters. The minimum atomic E-state index is 0.674. The fourth-order valence-electron chi connectivity index (χ4n) is 0.488. The molecule has 0 aliphatic carbocycles. The van der Waals surface area contributed by atoms with Crippen LogP contribution >= 0.6 is 11.6 Å². The van der Waals surface area contributed by atoms with Gasteiger partial charge in [-0.05, 0) is 0 Å². The van der Waals surface area contributed by atoms with Crippen molar-refractivity contribution in [1.29, 1.82) is 0 Å². The minimum absolute atomic E-state index is 0.674. The van der Waals surface area contributed by atoms with Crippen LogP contribution in [0, 0.1) is 6.42 Å². The van der Waals surface area contributed by atoms with Crippen molar-refractivity contribution in [3.8, 4) is 0 Å². The summed E-state index contributed by atoms with van der Waals surface area (Å²) >= 11 is 5.61. The second-order valence-corrected chi connectivity index (χ2v) is 1.81. The zero-order valence-corrected chi connectivity index (χ0v) is 5.24. The number of halogens is 1. The van der Waals surface area contributed by atoms with Gasteiger partial charge in [0.2, 0.25) is 0 Å². The predicted octanol–water partition coefficient (Wildman–Crippen LogP) is 1.64. The molecule has 1 heterocycles. The van der Waals surface area contributed by atoms with E-state index in [2.05, 4.69) is 10.2 Å². The molecule has 0 amide bonds. The smallest absolute Gasteiger partial charge is 0.0842 e. The van der Waals surface area contributed by atoms with Crippen molar-refractivity contribution in [3.63, 3.8) is 0 Å². The Morgan fingerprint density at radius 3 is 2.88 bits per heavy atom. The number of nitrogens with zero attached hydrogens (tertiary/aromatic N) is 1. The molecule has 1 aromatic heterocycles. The molecule has 1 aromatic rings. The Morgan fingerprint density at radius 2 is 2.62 bits per heavy atom. The SMILES string of the molecule is C[CH]c1n[nH]cc1Cl. The van der Waals surface area contributed by atoms with E-state index in [4.69, 9.17) is 11.6 Å². The van der Waals surface area contributed by atoms with Gasteiger partial charge in [0.05, 0.1) is 10.7 Å². The van der Waals surface area contributed by atoms with Crippen molar-refractivity contribution >= 4 is 11.6 Å². The molecule has 0 aliphatic rings. The molecule has 0 aromatic carbocycles. The van der Waals surface area contributed by atoms with Crippen LogP contribution in [-0.4, -0.2) is 10.2 Å². The van der Waals surface area contributed by atoms with Gasteiger partial charge in [0.15, 0.2) is 0 Å². The maximum absolute atomic E-state index is 5.61. The van der Waals surface area contributed by atoms with Crippen LogP contribution in [0.2, 0.25) is 5.02 Å². The van der Waals surface area contributed by atoms with E-state index in [0.29, 0.717) is 5.02 Å². The van der Waals surface area contributed by atoms with Crippen LogP contribution in [0.3, 0.4) is 0 Å². The van der Waals surface area contributed by atoms with Crippen LogP contribution in [0.5, 0.6) is 0 Å². The van der Waals surface area contributed by atoms with Gasteiger partial charge in [0.1, 0.15) is 0 Å². The van der Waals surface area contributed by atoms with Crippen molar-refractivity contribution in [3.05, 3.63) is 23.3 Å². The van der Waals surface area contributed by atoms with Crippen LogP contribution in [0.25, 0.3) is 0 Å². The number of hydrogen-bond acceptors (Lipinski definition) is 1. The maximum Gasteiger partial charge on any atom is 0.0842 e. The van der Waals surface area contributed by atoms with E-state index in [1.54, 1.807) is 6.20 Å². The second kappa shape index (κ2) is 2.18. The molecule has 1 rings (SSSR count). The van der Waals surface area contributed by atoms with E-state index in [1.165, 1.54) is 0 Å². The summed E-state index contributed by atoms with van der Waals surface area (Å²) in [5.41, 5.74) is 0.812. The summed E-state index contributed by atoms with van der Waals surface area (Å²) in [6, 6.07) is 0. The molecule has 0 saturated carbocycles. The van der Waals surface area contributed by atoms with E-state index in [1.807, 2.05) is 13.3 Å². The fraction of sp³-hybridized carbons (Fsp3) is 0.200. The summed E-state index contributed by atoms with van der Waals surface area (Å²) in [6.07, 6.45) is 3.50. The molecule has 0 spiro atoms. The predicted molar refractivity (Wildman–Crippen MR) is 32.7 cm³/mol. The zero-order valence-electron chi connectivity index (χ0n) is 4.48. The molecule has 0 bridgehead atoms. The zero-order chi connectivity index (χ0) is 5.98. The van der Waals surface area contributed by atoms with E-state index in [9.17, 15) is 0 Å². The van der Waals surface area contributed by atoms with Gasteiger partial charge >= 0.3 is 0 Å². The monoisotopic (exact) mass is 129 g/mol. The van der Waals surface area contributed by atoms with Crippen LogP contribution in [0.15, 0.2) is 6.20 Å². The van der Waals surface area contributed by atoms with Crippen molar-refractivity contribution in [2.45, 2.75) is 6.92 Å². The molecular formula is C5H6ClN2. The highest BCUT2D eigenvalue weighted by Crippen LogP contribution is 2.11. The molecule has 0 saturated heterocycles. The van der Waals surface area contributed by atoms with E-state index >= 15 is 0 Å². The Labute approximate surface area is 52.9 Å². The fourth-order valence-corrected chi connectivity index (χ4v) is 0.688. The summed E-state index contributed by atoms with van der Waals surface area (Å²) in [4.78, 5) is 0. The number of aromatic nitrogens is 2. The van der Waals surface area contributed by atoms with Gasteiger partial charge in [-0.1, -0.05) is 18.5 Å². The summed E-state index contributed by atoms with van der Waals surface area (Å²) in [5, 5.41) is 7.13. The van der Waals surface area contributed by atoms with E-state index in [-0.39, 0.29) is 0 Å². The normalized spacial score (nSPS) is 9.75. The van der Waals surface area contributed by atoms with Gasteiger partial charge in [-0.15, -0.1) is 0 Å². The van der Waals surface area contributed by atoms with Crippen LogP contribution in [-0.2, 0) is 0 Å². The van der Waals surface area contributed by atoms with E-state index < -0.39 is 0 Å². The average molecular weight is 130 g/mol. The van der Waals surface area contributed by atoms with Gasteiger partial charge in [0.25, 0.3) is 0 Å². The molecule has 8 heavy (non-hydrogen) atoms. The lowest BCUT2D eigenvalue weighted by molar-refractivity contribution is 1.05. The maximum atomic E-state index is 5.61. The third kappa shape index (κ3) is 0.842. The first-order chi connectivity index (χ1) is 3.84. The van der Waals surface area contributed by atoms with Crippen LogP contribution < -0.4 is 0 Å².